The number of ether oxygens (including phenoxy) is 1. The third kappa shape index (κ3) is 5.21. The Labute approximate surface area is 169 Å². The Morgan fingerprint density at radius 3 is 2.64 bits per heavy atom. The molecule has 9 heteroatoms. The van der Waals surface area contributed by atoms with Crippen molar-refractivity contribution in [3.63, 3.8) is 0 Å². The second kappa shape index (κ2) is 9.20. The predicted molar refractivity (Wildman–Crippen MR) is 107 cm³/mol. The number of amides is 1. The van der Waals surface area contributed by atoms with Crippen molar-refractivity contribution >= 4 is 40.8 Å². The average molecular weight is 416 g/mol. The highest BCUT2D eigenvalue weighted by Crippen LogP contribution is 2.34. The van der Waals surface area contributed by atoms with Crippen LogP contribution in [0.15, 0.2) is 76.7 Å². The fraction of sp³-hybridized carbons (Fsp3) is 0.0526. The molecule has 2 aromatic carbocycles. The van der Waals surface area contributed by atoms with Crippen molar-refractivity contribution in [3.05, 3.63) is 82.0 Å². The zero-order valence-electron chi connectivity index (χ0n) is 14.4. The van der Waals surface area contributed by atoms with Gasteiger partial charge in [-0.05, 0) is 58.4 Å². The molecule has 0 aliphatic rings. The van der Waals surface area contributed by atoms with E-state index in [1.54, 1.807) is 24.3 Å². The van der Waals surface area contributed by atoms with Crippen molar-refractivity contribution in [3.8, 4) is 5.75 Å². The Balaban J connectivity index is 1.66. The lowest BCUT2D eigenvalue weighted by molar-refractivity contribution is -0.390. The topological polar surface area (TPSA) is 94.4 Å². The van der Waals surface area contributed by atoms with Gasteiger partial charge in [-0.25, -0.2) is 0 Å². The molecule has 1 N–H and O–H groups in total. The van der Waals surface area contributed by atoms with Gasteiger partial charge in [-0.3, -0.25) is 4.79 Å². The van der Waals surface area contributed by atoms with Gasteiger partial charge in [0.25, 0.3) is 5.91 Å². The van der Waals surface area contributed by atoms with E-state index in [4.69, 9.17) is 16.3 Å². The van der Waals surface area contributed by atoms with Crippen molar-refractivity contribution in [1.29, 1.82) is 0 Å². The van der Waals surface area contributed by atoms with Gasteiger partial charge < -0.3 is 20.2 Å². The Bertz CT molecular complexity index is 998. The molecule has 0 aliphatic carbocycles. The maximum absolute atomic E-state index is 12.3. The number of nitro groups is 1. The Morgan fingerprint density at radius 1 is 1.14 bits per heavy atom. The standard InChI is InChI=1S/C19H14ClN3O4S/c20-13-7-9-14(10-8-13)28-17-6-2-1-4-15(17)22-18(24)12-27-16-5-3-11-21-19(16)23(25)26/h1-11H,12H2,(H,22,24). The van der Waals surface area contributed by atoms with Gasteiger partial charge in [0.05, 0.1) is 5.69 Å². The number of nitrogens with one attached hydrogen (secondary N) is 1. The number of nitrogens with zero attached hydrogens (tertiary/aromatic N) is 2. The molecule has 0 bridgehead atoms. The van der Waals surface area contributed by atoms with E-state index in [-0.39, 0.29) is 12.4 Å². The third-order valence-corrected chi connectivity index (χ3v) is 4.82. The zero-order chi connectivity index (χ0) is 19.9. The number of aromatic nitrogens is 1. The minimum absolute atomic E-state index is 0.0634. The van der Waals surface area contributed by atoms with Gasteiger partial charge in [0.2, 0.25) is 5.75 Å². The maximum atomic E-state index is 12.3. The predicted octanol–water partition coefficient (Wildman–Crippen LogP) is 4.81. The summed E-state index contributed by atoms with van der Waals surface area (Å²) in [5, 5.41) is 14.4. The zero-order valence-corrected chi connectivity index (χ0v) is 15.9. The molecule has 7 nitrogen and oxygen atoms in total. The smallest absolute Gasteiger partial charge is 0.406 e. The number of hydrogen-bond donors (Lipinski definition) is 1. The number of carbonyl (C=O) groups excluding carboxylic acids is 1. The van der Waals surface area contributed by atoms with Gasteiger partial charge >= 0.3 is 5.82 Å². The molecule has 1 aromatic heterocycles. The largest absolute Gasteiger partial charge is 0.476 e. The molecular weight excluding hydrogens is 402 g/mol. The van der Waals surface area contributed by atoms with Crippen LogP contribution in [0.1, 0.15) is 0 Å². The Morgan fingerprint density at radius 2 is 1.89 bits per heavy atom. The van der Waals surface area contributed by atoms with Crippen LogP contribution in [0.4, 0.5) is 11.5 Å². The highest BCUT2D eigenvalue weighted by Gasteiger charge is 2.17. The number of carbonyl (C=O) groups is 1. The summed E-state index contributed by atoms with van der Waals surface area (Å²) in [4.78, 5) is 28.0. The van der Waals surface area contributed by atoms with Gasteiger partial charge in [-0.15, -0.1) is 0 Å². The first-order valence-corrected chi connectivity index (χ1v) is 9.27. The van der Waals surface area contributed by atoms with Gasteiger partial charge in [-0.2, -0.15) is 0 Å². The van der Waals surface area contributed by atoms with Crippen molar-refractivity contribution in [2.75, 3.05) is 11.9 Å². The van der Waals surface area contributed by atoms with Crippen LogP contribution in [0.2, 0.25) is 5.02 Å². The number of rotatable bonds is 7. The molecule has 28 heavy (non-hydrogen) atoms. The minimum Gasteiger partial charge on any atom is -0.476 e. The van der Waals surface area contributed by atoms with Crippen LogP contribution in [0.25, 0.3) is 0 Å². The molecule has 0 unspecified atom stereocenters. The van der Waals surface area contributed by atoms with Crippen LogP contribution in [0, 0.1) is 10.1 Å². The minimum atomic E-state index is -0.661. The number of hydrogen-bond acceptors (Lipinski definition) is 6. The Hall–Kier alpha value is -3.10. The molecule has 142 valence electrons. The van der Waals surface area contributed by atoms with Gasteiger partial charge in [0, 0.05) is 14.8 Å². The van der Waals surface area contributed by atoms with Crippen LogP contribution < -0.4 is 10.1 Å². The summed E-state index contributed by atoms with van der Waals surface area (Å²) >= 11 is 7.38. The lowest BCUT2D eigenvalue weighted by Gasteiger charge is -2.11. The summed E-state index contributed by atoms with van der Waals surface area (Å²) in [7, 11) is 0. The summed E-state index contributed by atoms with van der Waals surface area (Å²) in [5.41, 5.74) is 0.608. The van der Waals surface area contributed by atoms with Crippen LogP contribution in [0.3, 0.4) is 0 Å². The number of halogens is 1. The van der Waals surface area contributed by atoms with E-state index in [2.05, 4.69) is 10.3 Å². The summed E-state index contributed by atoms with van der Waals surface area (Å²) in [5.74, 6) is -0.942. The second-order valence-corrected chi connectivity index (χ2v) is 7.02. The van der Waals surface area contributed by atoms with Crippen LogP contribution in [-0.2, 0) is 4.79 Å². The van der Waals surface area contributed by atoms with Crippen LogP contribution in [-0.4, -0.2) is 22.4 Å². The lowest BCUT2D eigenvalue weighted by atomic mass is 10.3. The van der Waals surface area contributed by atoms with Gasteiger partial charge in [0.15, 0.2) is 6.61 Å². The normalized spacial score (nSPS) is 10.3. The van der Waals surface area contributed by atoms with E-state index >= 15 is 0 Å². The highest BCUT2D eigenvalue weighted by molar-refractivity contribution is 7.99. The summed E-state index contributed by atoms with van der Waals surface area (Å²) in [6.07, 6.45) is 1.29. The molecule has 3 aromatic rings. The van der Waals surface area contributed by atoms with Crippen molar-refractivity contribution in [2.24, 2.45) is 0 Å². The molecule has 0 saturated carbocycles. The molecule has 0 fully saturated rings. The molecular formula is C19H14ClN3O4S. The monoisotopic (exact) mass is 415 g/mol. The number of anilines is 1. The highest BCUT2D eigenvalue weighted by atomic mass is 35.5. The maximum Gasteiger partial charge on any atom is 0.406 e. The van der Waals surface area contributed by atoms with Crippen molar-refractivity contribution < 1.29 is 14.5 Å². The summed E-state index contributed by atoms with van der Waals surface area (Å²) < 4.78 is 5.27. The van der Waals surface area contributed by atoms with E-state index in [9.17, 15) is 14.9 Å². The molecule has 0 saturated heterocycles. The van der Waals surface area contributed by atoms with E-state index in [1.807, 2.05) is 24.3 Å². The molecule has 1 heterocycles. The molecule has 1 amide bonds. The number of benzene rings is 2. The molecule has 0 spiro atoms. The first-order valence-electron chi connectivity index (χ1n) is 8.07. The summed E-state index contributed by atoms with van der Waals surface area (Å²) in [6, 6.07) is 17.6. The van der Waals surface area contributed by atoms with E-state index in [0.29, 0.717) is 10.7 Å². The number of para-hydroxylation sites is 1. The second-order valence-electron chi connectivity index (χ2n) is 5.47. The molecule has 3 rings (SSSR count). The Kier molecular flexibility index (Phi) is 6.46. The van der Waals surface area contributed by atoms with Gasteiger partial charge in [-0.1, -0.05) is 35.5 Å². The molecule has 0 radical (unpaired) electrons. The van der Waals surface area contributed by atoms with Crippen LogP contribution in [0.5, 0.6) is 5.75 Å². The summed E-state index contributed by atoms with van der Waals surface area (Å²) in [6.45, 7) is -0.382. The quantitative estimate of drug-likeness (QED) is 0.439. The lowest BCUT2D eigenvalue weighted by Crippen LogP contribution is -2.20. The van der Waals surface area contributed by atoms with E-state index < -0.39 is 16.6 Å². The SMILES string of the molecule is O=C(COc1cccnc1[N+](=O)[O-])Nc1ccccc1Sc1ccc(Cl)cc1. The van der Waals surface area contributed by atoms with Gasteiger partial charge in [0.1, 0.15) is 6.20 Å². The van der Waals surface area contributed by atoms with Crippen molar-refractivity contribution in [1.82, 2.24) is 4.98 Å². The average Bonchev–Trinajstić information content (AvgIpc) is 2.70. The number of pyridine rings is 1. The molecule has 0 atom stereocenters. The van der Waals surface area contributed by atoms with Crippen molar-refractivity contribution in [2.45, 2.75) is 9.79 Å². The first-order chi connectivity index (χ1) is 13.5. The third-order valence-electron chi connectivity index (χ3n) is 3.49. The first kappa shape index (κ1) is 19.7. The van der Waals surface area contributed by atoms with Crippen LogP contribution >= 0.6 is 23.4 Å². The fourth-order valence-corrected chi connectivity index (χ4v) is 3.28. The molecule has 0 aliphatic heterocycles. The van der Waals surface area contributed by atoms with E-state index in [1.165, 1.54) is 30.1 Å². The van der Waals surface area contributed by atoms with E-state index in [0.717, 1.165) is 9.79 Å². The fourth-order valence-electron chi connectivity index (χ4n) is 2.25.